The van der Waals surface area contributed by atoms with Crippen LogP contribution in [0.1, 0.15) is 59.6 Å². The SMILES string of the molecule is COc1cc2c(Oc3ccc(NC(=S)N(C(=O)C(c4ccccc4)C4CC4(C(=O)Nc4ccc(F)cc4)C(=O)Nc4ccc(Oc5ncnc6[nH]c(C(=O)NCCN7CCOCC7)cc56)c(F)c4)C(=S)Nc4ccc(Oc5ncnc6[nH]cnc56)cc4)cc3F)ncnc2cc1OCC1C[C@@H]2CN(C)C[C@@H]2C1.COc1cc2c(Oc3ccc(NC(=S)NC(=O)Cc4ccccc4)cc3F)ncnc2cc1OCC1C[C@H]2CNC[C@H]2C1. The number of carbonyl (C=O) groups excluding carboxylic acids is 5. The molecule has 0 bridgehead atoms. The lowest BCUT2D eigenvalue weighted by Crippen LogP contribution is -2.49. The molecule has 768 valence electrons. The average Bonchev–Trinajstić information content (AvgIpc) is 1.54. The number of nitrogens with zero attached hydrogens (tertiary/aromatic N) is 12. The van der Waals surface area contributed by atoms with E-state index in [1.807, 2.05) is 30.3 Å². The van der Waals surface area contributed by atoms with Gasteiger partial charge in [-0.2, -0.15) is 4.98 Å². The number of anilines is 5. The number of aromatic amines is 2. The fourth-order valence-corrected chi connectivity index (χ4v) is 21.0. The molecule has 3 saturated carbocycles. The summed E-state index contributed by atoms with van der Waals surface area (Å²) in [7, 11) is 5.26. The molecule has 9 aromatic carbocycles. The van der Waals surface area contributed by atoms with Crippen molar-refractivity contribution in [3.63, 3.8) is 0 Å². The molecular weight excluding hydrogens is 1990 g/mol. The summed E-state index contributed by atoms with van der Waals surface area (Å²) in [6.07, 6.45) is 11.0. The van der Waals surface area contributed by atoms with Crippen LogP contribution in [0.15, 0.2) is 226 Å². The van der Waals surface area contributed by atoms with E-state index in [0.717, 1.165) is 98.7 Å². The van der Waals surface area contributed by atoms with Crippen LogP contribution in [0.25, 0.3) is 44.0 Å². The van der Waals surface area contributed by atoms with E-state index < -0.39 is 64.1 Å². The van der Waals surface area contributed by atoms with Gasteiger partial charge in [0.2, 0.25) is 41.3 Å². The molecule has 150 heavy (non-hydrogen) atoms. The van der Waals surface area contributed by atoms with Gasteiger partial charge in [-0.25, -0.2) is 62.3 Å². The van der Waals surface area contributed by atoms with Gasteiger partial charge in [0.1, 0.15) is 53.6 Å². The number of carbonyl (C=O) groups is 5. The largest absolute Gasteiger partial charge is 0.493 e. The van der Waals surface area contributed by atoms with Gasteiger partial charge in [0.15, 0.2) is 84.2 Å². The van der Waals surface area contributed by atoms with Crippen LogP contribution < -0.4 is 80.4 Å². The Labute approximate surface area is 871 Å². The first-order valence-electron chi connectivity index (χ1n) is 48.6. The van der Waals surface area contributed by atoms with Crippen molar-refractivity contribution in [1.82, 2.24) is 85.5 Å². The lowest BCUT2D eigenvalue weighted by Gasteiger charge is -2.30. The van der Waals surface area contributed by atoms with E-state index in [1.165, 1.54) is 106 Å². The molecule has 36 nitrogen and oxygen atoms in total. The number of H-pyrrole nitrogens is 2. The van der Waals surface area contributed by atoms with Gasteiger partial charge >= 0.3 is 0 Å². The van der Waals surface area contributed by atoms with Crippen molar-refractivity contribution in [2.75, 3.05) is 127 Å². The normalized spacial score (nSPS) is 18.7. The standard InChI is InChI=1S/C75H68F3N17O10S2.C32H32FN5O4S/c1-93-34-43-26-41(27-44(43)35-93)36-102-61-32-56-51(31-60(61)100-2)67(85-37-80-56)104-58-19-15-49(29-55(58)78)91-74(107)95(73(106)90-47-12-16-50(17-13-47)103-69-63-65(83-38-81-63)84-40-87-69)70(97)62(42-6-4-3-5-7-42)53-33-75(53,71(98)88-46-10-8-45(76)9-11-46)72(99)89-48-14-18-59(54(77)28-48)105-68-52-30-57(92-64(52)82-39-86-68)66(96)79-20-21-94-22-24-101-25-23-94;1-40-28-13-24-26(14-29(28)41-17-20-9-21-15-34-16-22(21)10-20)35-18-36-31(24)42-27-8-7-23(12-25(27)33)37-32(43)38-30(39)11-19-5-3-2-4-6-19/h3-19,28-32,37-41,43-44,53,62H,20-27,33-36H2,1-2H3,(H,79,96)(H,88,98)(H,89,99)(H,90,106)(H,91,107)(H,82,86,92)(H,81,83,84,87);2-8,12-14,18,20-22,34H,9-11,15-17H2,1H3,(H2,37,38,39,43)/t41?,43-,44+,53?,62?,75?;20?,21-,22+. The monoisotopic (exact) mass is 2090 g/mol. The number of likely N-dealkylation sites (tertiary alicyclic amines) is 1. The van der Waals surface area contributed by atoms with Gasteiger partial charge in [0.25, 0.3) is 11.8 Å². The number of hydrogen-bond acceptors (Lipinski definition) is 29. The summed E-state index contributed by atoms with van der Waals surface area (Å²) < 4.78 is 116. The van der Waals surface area contributed by atoms with Crippen molar-refractivity contribution in [1.29, 1.82) is 0 Å². The number of ether oxygens (including phenoxy) is 9. The van der Waals surface area contributed by atoms with Crippen LogP contribution in [-0.2, 0) is 30.3 Å². The number of thiocarbonyl (C=S) groups is 3. The maximum atomic E-state index is 16.7. The Morgan fingerprint density at radius 2 is 1.01 bits per heavy atom. The molecule has 6 aromatic heterocycles. The van der Waals surface area contributed by atoms with Crippen molar-refractivity contribution in [3.8, 4) is 69.5 Å². The summed E-state index contributed by atoms with van der Waals surface area (Å²) in [5.74, 6) is -3.35. The lowest BCUT2D eigenvalue weighted by molar-refractivity contribution is -0.132. The average molecular weight is 2090 g/mol. The molecule has 5 unspecified atom stereocenters. The number of imidazole rings is 1. The highest BCUT2D eigenvalue weighted by molar-refractivity contribution is 7.82. The Hall–Kier alpha value is -16.2. The molecule has 21 rings (SSSR count). The van der Waals surface area contributed by atoms with Gasteiger partial charge in [-0.15, -0.1) is 0 Å². The van der Waals surface area contributed by atoms with E-state index in [1.54, 1.807) is 92.0 Å². The van der Waals surface area contributed by atoms with E-state index in [9.17, 15) is 14.0 Å². The fourth-order valence-electron chi connectivity index (χ4n) is 20.1. The Bertz CT molecular complexity index is 7580. The summed E-state index contributed by atoms with van der Waals surface area (Å²) >= 11 is 17.5. The Balaban J connectivity index is 0.000000263. The van der Waals surface area contributed by atoms with Crippen molar-refractivity contribution in [2.24, 2.45) is 46.8 Å². The minimum atomic E-state index is -2.14. The number of halogens is 4. The number of nitrogens with one attached hydrogen (secondary N) is 10. The number of methoxy groups -OCH3 is 2. The third kappa shape index (κ3) is 23.2. The van der Waals surface area contributed by atoms with Crippen LogP contribution in [0.5, 0.6) is 69.5 Å². The Morgan fingerprint density at radius 3 is 1.59 bits per heavy atom. The molecule has 0 radical (unpaired) electrons. The quantitative estimate of drug-likeness (QED) is 0.0106. The van der Waals surface area contributed by atoms with Crippen molar-refractivity contribution in [2.45, 2.75) is 44.4 Å². The summed E-state index contributed by atoms with van der Waals surface area (Å²) in [5, 5.41) is 23.9. The van der Waals surface area contributed by atoms with Crippen LogP contribution in [0.3, 0.4) is 0 Å². The molecular formula is C107H100F4N22O14S3. The molecule has 3 aliphatic carbocycles. The van der Waals surface area contributed by atoms with Gasteiger partial charge in [-0.3, -0.25) is 28.9 Å². The summed E-state index contributed by atoms with van der Waals surface area (Å²) in [4.78, 5) is 122. The van der Waals surface area contributed by atoms with Crippen LogP contribution in [0.4, 0.5) is 46.0 Å². The molecule has 9 heterocycles. The Morgan fingerprint density at radius 1 is 0.513 bits per heavy atom. The van der Waals surface area contributed by atoms with Crippen molar-refractivity contribution < 1.29 is 84.2 Å². The first-order valence-corrected chi connectivity index (χ1v) is 49.8. The lowest BCUT2D eigenvalue weighted by atomic mass is 9.86. The molecule has 3 saturated heterocycles. The van der Waals surface area contributed by atoms with Crippen LogP contribution >= 0.6 is 36.7 Å². The van der Waals surface area contributed by atoms with Crippen molar-refractivity contribution >= 4 is 154 Å². The minimum absolute atomic E-state index is 0.0188. The van der Waals surface area contributed by atoms with Gasteiger partial charge in [0.05, 0.1) is 86.5 Å². The number of hydrogen-bond donors (Lipinski definition) is 10. The zero-order valence-electron chi connectivity index (χ0n) is 81.0. The Kier molecular flexibility index (Phi) is 30.5. The van der Waals surface area contributed by atoms with Gasteiger partial charge in [0, 0.05) is 98.0 Å². The molecule has 0 spiro atoms. The van der Waals surface area contributed by atoms with Gasteiger partial charge in [-0.1, -0.05) is 60.7 Å². The topological polar surface area (TPSA) is 422 Å². The molecule has 6 aliphatic rings. The predicted molar refractivity (Wildman–Crippen MR) is 561 cm³/mol. The number of benzene rings is 9. The van der Waals surface area contributed by atoms with Crippen molar-refractivity contribution in [3.05, 3.63) is 266 Å². The first-order chi connectivity index (χ1) is 72.9. The highest BCUT2D eigenvalue weighted by Gasteiger charge is 2.70. The third-order valence-corrected chi connectivity index (χ3v) is 28.3. The number of morpholine rings is 1. The molecule has 6 fully saturated rings. The molecule has 15 aromatic rings. The maximum absolute atomic E-state index is 16.7. The maximum Gasteiger partial charge on any atom is 0.267 e. The molecule has 9 atom stereocenters. The molecule has 10 N–H and O–H groups in total. The van der Waals surface area contributed by atoms with Gasteiger partial charge < -0.3 is 100 Å². The summed E-state index contributed by atoms with van der Waals surface area (Å²) in [6.45, 7) is 9.26. The zero-order chi connectivity index (χ0) is 104. The van der Waals surface area contributed by atoms with Crippen LogP contribution in [0.2, 0.25) is 0 Å². The predicted octanol–water partition coefficient (Wildman–Crippen LogP) is 16.6. The second-order valence-electron chi connectivity index (χ2n) is 37.4. The van der Waals surface area contributed by atoms with Gasteiger partial charge in [-0.05, 0) is 245 Å². The van der Waals surface area contributed by atoms with E-state index in [2.05, 4.69) is 114 Å². The number of aromatic nitrogens is 11. The number of fused-ring (bicyclic) bond motifs is 6. The second kappa shape index (κ2) is 45.3. The van der Waals surface area contributed by atoms with Crippen LogP contribution in [0, 0.1) is 70.1 Å². The van der Waals surface area contributed by atoms with Crippen LogP contribution in [-0.4, -0.2) is 214 Å². The zero-order valence-corrected chi connectivity index (χ0v) is 83.5. The molecule has 3 aliphatic heterocycles. The van der Waals surface area contributed by atoms with E-state index in [4.69, 9.17) is 79.3 Å². The van der Waals surface area contributed by atoms with E-state index in [0.29, 0.717) is 142 Å². The number of rotatable bonds is 32. The second-order valence-corrected chi connectivity index (χ2v) is 38.6. The fraction of sp³-hybridized carbons (Fsp3) is 0.280. The summed E-state index contributed by atoms with van der Waals surface area (Å²) in [6, 6.07) is 49.1. The highest BCUT2D eigenvalue weighted by Crippen LogP contribution is 2.61. The smallest absolute Gasteiger partial charge is 0.267 e. The summed E-state index contributed by atoms with van der Waals surface area (Å²) in [5.41, 5.74) is 2.05. The van der Waals surface area contributed by atoms with E-state index >= 15 is 27.6 Å². The molecule has 43 heteroatoms. The highest BCUT2D eigenvalue weighted by atomic mass is 32.1. The minimum Gasteiger partial charge on any atom is -0.493 e. The van der Waals surface area contributed by atoms with E-state index in [-0.39, 0.29) is 109 Å². The first kappa shape index (κ1) is 101. The third-order valence-electron chi connectivity index (χ3n) is 27.5. The number of amides is 5. The molecule has 5 amide bonds.